The van der Waals surface area contributed by atoms with Crippen molar-refractivity contribution in [2.24, 2.45) is 5.73 Å². The van der Waals surface area contributed by atoms with Gasteiger partial charge < -0.3 is 15.8 Å². The molecule has 0 bridgehead atoms. The molecule has 0 unspecified atom stereocenters. The van der Waals surface area contributed by atoms with Gasteiger partial charge in [-0.3, -0.25) is 4.79 Å². The van der Waals surface area contributed by atoms with Gasteiger partial charge in [0.25, 0.3) is 0 Å². The molecule has 0 fully saturated rings. The van der Waals surface area contributed by atoms with E-state index in [1.54, 1.807) is 12.3 Å². The van der Waals surface area contributed by atoms with Crippen LogP contribution in [0.2, 0.25) is 0 Å². The molecule has 0 aliphatic heterocycles. The van der Waals surface area contributed by atoms with Crippen LogP contribution >= 0.6 is 0 Å². The van der Waals surface area contributed by atoms with E-state index < -0.39 is 12.0 Å². The molecular weight excluding hydrogens is 235 g/mol. The summed E-state index contributed by atoms with van der Waals surface area (Å²) in [6.45, 7) is 1.87. The molecule has 0 aliphatic carbocycles. The number of hydrogen-bond donors (Lipinski definition) is 3. The zero-order valence-electron chi connectivity index (χ0n) is 9.98. The average Bonchev–Trinajstić information content (AvgIpc) is 2.73. The van der Waals surface area contributed by atoms with E-state index in [1.807, 2.05) is 6.92 Å². The van der Waals surface area contributed by atoms with E-state index in [4.69, 9.17) is 10.8 Å². The molecule has 0 aliphatic rings. The fourth-order valence-corrected chi connectivity index (χ4v) is 2.26. The molecule has 96 valence electrons. The number of carboxylic acids is 1. The molecule has 1 heterocycles. The summed E-state index contributed by atoms with van der Waals surface area (Å²) in [4.78, 5) is 14.0. The second-order valence-electron chi connectivity index (χ2n) is 4.31. The number of fused-ring (bicyclic) bond motifs is 1. The van der Waals surface area contributed by atoms with Crippen LogP contribution in [0.3, 0.4) is 0 Å². The summed E-state index contributed by atoms with van der Waals surface area (Å²) in [6, 6.07) is 3.41. The van der Waals surface area contributed by atoms with Crippen molar-refractivity contribution >= 4 is 16.9 Å². The Bertz CT molecular complexity index is 579. The lowest BCUT2D eigenvalue weighted by atomic mass is 9.89. The minimum Gasteiger partial charge on any atom is -0.480 e. The predicted molar refractivity (Wildman–Crippen MR) is 66.9 cm³/mol. The molecule has 0 spiro atoms. The molecular formula is C13H15FN2O2. The highest BCUT2D eigenvalue weighted by atomic mass is 19.1. The smallest absolute Gasteiger partial charge is 0.321 e. The summed E-state index contributed by atoms with van der Waals surface area (Å²) in [5.74, 6) is -1.73. The maximum atomic E-state index is 13.3. The van der Waals surface area contributed by atoms with Gasteiger partial charge in [-0.2, -0.15) is 0 Å². The number of aliphatic carboxylic acids is 1. The van der Waals surface area contributed by atoms with E-state index in [-0.39, 0.29) is 11.7 Å². The third-order valence-corrected chi connectivity index (χ3v) is 3.23. The Morgan fingerprint density at radius 1 is 1.56 bits per heavy atom. The lowest BCUT2D eigenvalue weighted by Crippen LogP contribution is -2.36. The molecule has 2 aromatic rings. The second kappa shape index (κ2) is 4.78. The molecule has 2 atom stereocenters. The van der Waals surface area contributed by atoms with Crippen molar-refractivity contribution in [2.75, 3.05) is 0 Å². The number of halogens is 1. The summed E-state index contributed by atoms with van der Waals surface area (Å²) in [6.07, 6.45) is 2.29. The number of nitrogens with one attached hydrogen (secondary N) is 1. The molecule has 0 amide bonds. The minimum absolute atomic E-state index is 0.335. The van der Waals surface area contributed by atoms with E-state index in [1.165, 1.54) is 12.1 Å². The first-order valence-corrected chi connectivity index (χ1v) is 5.79. The van der Waals surface area contributed by atoms with Crippen molar-refractivity contribution in [3.8, 4) is 0 Å². The van der Waals surface area contributed by atoms with Gasteiger partial charge in [0, 0.05) is 23.0 Å². The van der Waals surface area contributed by atoms with Crippen LogP contribution in [-0.2, 0) is 4.79 Å². The normalized spacial score (nSPS) is 14.6. The lowest BCUT2D eigenvalue weighted by molar-refractivity contribution is -0.139. The minimum atomic E-state index is -1.05. The summed E-state index contributed by atoms with van der Waals surface area (Å²) in [5, 5.41) is 9.69. The predicted octanol–water partition coefficient (Wildman–Crippen LogP) is 2.21. The van der Waals surface area contributed by atoms with Crippen LogP contribution in [0.5, 0.6) is 0 Å². The quantitative estimate of drug-likeness (QED) is 0.778. The van der Waals surface area contributed by atoms with Gasteiger partial charge in [0.1, 0.15) is 11.9 Å². The maximum absolute atomic E-state index is 13.3. The molecule has 5 heteroatoms. The van der Waals surface area contributed by atoms with Crippen molar-refractivity contribution in [2.45, 2.75) is 25.3 Å². The first-order valence-electron chi connectivity index (χ1n) is 5.79. The number of aromatic nitrogens is 1. The van der Waals surface area contributed by atoms with Crippen LogP contribution in [0.4, 0.5) is 4.39 Å². The van der Waals surface area contributed by atoms with Crippen LogP contribution in [0.25, 0.3) is 10.9 Å². The number of nitrogens with two attached hydrogens (primary N) is 1. The highest BCUT2D eigenvalue weighted by Crippen LogP contribution is 2.30. The third-order valence-electron chi connectivity index (χ3n) is 3.23. The fourth-order valence-electron chi connectivity index (χ4n) is 2.26. The Balaban J connectivity index is 2.51. The monoisotopic (exact) mass is 250 g/mol. The number of H-pyrrole nitrogens is 1. The first-order chi connectivity index (χ1) is 8.54. The number of aromatic amines is 1. The van der Waals surface area contributed by atoms with Crippen LogP contribution in [-0.4, -0.2) is 22.1 Å². The van der Waals surface area contributed by atoms with E-state index in [9.17, 15) is 9.18 Å². The highest BCUT2D eigenvalue weighted by Gasteiger charge is 2.26. The largest absolute Gasteiger partial charge is 0.480 e. The second-order valence-corrected chi connectivity index (χ2v) is 4.31. The van der Waals surface area contributed by atoms with Crippen molar-refractivity contribution in [1.82, 2.24) is 4.98 Å². The summed E-state index contributed by atoms with van der Waals surface area (Å²) < 4.78 is 13.3. The zero-order valence-corrected chi connectivity index (χ0v) is 9.98. The number of carboxylic acid groups (broad SMARTS) is 1. The van der Waals surface area contributed by atoms with Crippen molar-refractivity contribution in [3.05, 3.63) is 35.8 Å². The third kappa shape index (κ3) is 2.09. The Hall–Kier alpha value is -1.88. The van der Waals surface area contributed by atoms with Crippen LogP contribution in [0, 0.1) is 5.82 Å². The van der Waals surface area contributed by atoms with Crippen LogP contribution in [0.15, 0.2) is 24.4 Å². The molecule has 4 N–H and O–H groups in total. The van der Waals surface area contributed by atoms with Crippen LogP contribution in [0.1, 0.15) is 24.8 Å². The van der Waals surface area contributed by atoms with Gasteiger partial charge in [0.05, 0.1) is 0 Å². The Kier molecular flexibility index (Phi) is 3.34. The maximum Gasteiger partial charge on any atom is 0.321 e. The molecule has 1 aromatic carbocycles. The molecule has 2 rings (SSSR count). The van der Waals surface area contributed by atoms with Gasteiger partial charge in [-0.05, 0) is 30.2 Å². The van der Waals surface area contributed by atoms with Gasteiger partial charge in [0.2, 0.25) is 0 Å². The summed E-state index contributed by atoms with van der Waals surface area (Å²) in [5.41, 5.74) is 7.22. The number of rotatable bonds is 4. The lowest BCUT2D eigenvalue weighted by Gasteiger charge is -2.18. The molecule has 0 saturated heterocycles. The van der Waals surface area contributed by atoms with E-state index in [2.05, 4.69) is 4.98 Å². The van der Waals surface area contributed by atoms with Gasteiger partial charge in [-0.25, -0.2) is 4.39 Å². The van der Waals surface area contributed by atoms with Gasteiger partial charge in [-0.15, -0.1) is 0 Å². The topological polar surface area (TPSA) is 79.1 Å². The van der Waals surface area contributed by atoms with E-state index in [0.29, 0.717) is 11.8 Å². The summed E-state index contributed by atoms with van der Waals surface area (Å²) in [7, 11) is 0. The Labute approximate surface area is 104 Å². The number of benzene rings is 1. The van der Waals surface area contributed by atoms with E-state index in [0.717, 1.165) is 11.1 Å². The molecule has 0 saturated carbocycles. The molecule has 0 radical (unpaired) electrons. The van der Waals surface area contributed by atoms with Gasteiger partial charge >= 0.3 is 5.97 Å². The van der Waals surface area contributed by atoms with Crippen LogP contribution < -0.4 is 5.73 Å². The number of hydrogen-bond acceptors (Lipinski definition) is 2. The number of carbonyl (C=O) groups is 1. The zero-order chi connectivity index (χ0) is 13.3. The molecule has 4 nitrogen and oxygen atoms in total. The Morgan fingerprint density at radius 3 is 2.89 bits per heavy atom. The van der Waals surface area contributed by atoms with E-state index >= 15 is 0 Å². The Morgan fingerprint density at radius 2 is 2.28 bits per heavy atom. The van der Waals surface area contributed by atoms with Gasteiger partial charge in [0.15, 0.2) is 0 Å². The standard InChI is InChI=1S/C13H15FN2O2/c1-2-8(12(15)13(17)18)10-6-16-11-4-3-7(14)5-9(10)11/h3-6,8,12,16H,2,15H2,1H3,(H,17,18)/t8-,12-/m0/s1. The molecule has 18 heavy (non-hydrogen) atoms. The van der Waals surface area contributed by atoms with Gasteiger partial charge in [-0.1, -0.05) is 6.92 Å². The van der Waals surface area contributed by atoms with Crippen molar-refractivity contribution < 1.29 is 14.3 Å². The first kappa shape index (κ1) is 12.6. The molecule has 1 aromatic heterocycles. The average molecular weight is 250 g/mol. The summed E-state index contributed by atoms with van der Waals surface area (Å²) >= 11 is 0. The fraction of sp³-hybridized carbons (Fsp3) is 0.308. The van der Waals surface area contributed by atoms with Crippen molar-refractivity contribution in [3.63, 3.8) is 0 Å². The van der Waals surface area contributed by atoms with Crippen molar-refractivity contribution in [1.29, 1.82) is 0 Å². The highest BCUT2D eigenvalue weighted by molar-refractivity contribution is 5.85. The SMILES string of the molecule is CC[C@@H](c1c[nH]c2ccc(F)cc12)[C@H](N)C(=O)O.